The second-order valence-electron chi connectivity index (χ2n) is 6.86. The summed E-state index contributed by atoms with van der Waals surface area (Å²) in [5, 5.41) is 12.2. The maximum Gasteiger partial charge on any atom is 0.319 e. The van der Waals surface area contributed by atoms with Crippen LogP contribution in [0, 0.1) is 0 Å². The van der Waals surface area contributed by atoms with E-state index in [4.69, 9.17) is 4.74 Å². The Morgan fingerprint density at radius 1 is 1.07 bits per heavy atom. The van der Waals surface area contributed by atoms with Crippen molar-refractivity contribution in [2.45, 2.75) is 32.9 Å². The number of amides is 2. The number of urea groups is 1. The van der Waals surface area contributed by atoms with Gasteiger partial charge in [0, 0.05) is 31.9 Å². The molecule has 0 aliphatic heterocycles. The number of nitrogens with one attached hydrogen (secondary N) is 4. The van der Waals surface area contributed by atoms with Crippen LogP contribution < -0.4 is 26.0 Å². The van der Waals surface area contributed by atoms with Gasteiger partial charge in [0.2, 0.25) is 0 Å². The van der Waals surface area contributed by atoms with Crippen LogP contribution in [0.3, 0.4) is 0 Å². The van der Waals surface area contributed by atoms with Crippen molar-refractivity contribution in [3.63, 3.8) is 0 Å². The van der Waals surface area contributed by atoms with Gasteiger partial charge in [0.25, 0.3) is 0 Å². The zero-order chi connectivity index (χ0) is 21.1. The predicted octanol–water partition coefficient (Wildman–Crippen LogP) is 3.75. The molecular weight excluding hydrogens is 493 g/mol. The van der Waals surface area contributed by atoms with E-state index in [0.717, 1.165) is 41.5 Å². The smallest absolute Gasteiger partial charge is 0.319 e. The highest BCUT2D eigenvalue weighted by molar-refractivity contribution is 14.0. The van der Waals surface area contributed by atoms with Crippen LogP contribution in [-0.4, -0.2) is 38.7 Å². The van der Waals surface area contributed by atoms with E-state index >= 15 is 0 Å². The quantitative estimate of drug-likeness (QED) is 0.240. The van der Waals surface area contributed by atoms with Gasteiger partial charge in [-0.1, -0.05) is 30.3 Å². The van der Waals surface area contributed by atoms with Crippen molar-refractivity contribution in [1.29, 1.82) is 0 Å². The minimum atomic E-state index is -0.203. The van der Waals surface area contributed by atoms with Crippen LogP contribution in [0.1, 0.15) is 25.0 Å². The zero-order valence-electron chi connectivity index (χ0n) is 18.0. The number of anilines is 1. The summed E-state index contributed by atoms with van der Waals surface area (Å²) in [5.41, 5.74) is 3.00. The van der Waals surface area contributed by atoms with Crippen LogP contribution in [0.2, 0.25) is 0 Å². The lowest BCUT2D eigenvalue weighted by atomic mass is 10.1. The Labute approximate surface area is 196 Å². The minimum Gasteiger partial charge on any atom is -0.496 e. The number of benzene rings is 2. The Kier molecular flexibility index (Phi) is 11.7. The monoisotopic (exact) mass is 525 g/mol. The highest BCUT2D eigenvalue weighted by Gasteiger charge is 2.05. The molecule has 0 heterocycles. The van der Waals surface area contributed by atoms with Crippen LogP contribution in [0.4, 0.5) is 10.5 Å². The molecule has 8 heteroatoms. The first-order valence-corrected chi connectivity index (χ1v) is 9.74. The van der Waals surface area contributed by atoms with E-state index < -0.39 is 0 Å². The Morgan fingerprint density at radius 3 is 2.40 bits per heavy atom. The highest BCUT2D eigenvalue weighted by atomic mass is 127. The molecule has 2 aromatic carbocycles. The second kappa shape index (κ2) is 13.7. The molecule has 7 nitrogen and oxygen atoms in total. The SMILES string of the molecule is CN=C(NCCc1ccccc1OC)NCc1ccc(NC(=O)NC(C)C)cc1.I. The van der Waals surface area contributed by atoms with Crippen molar-refractivity contribution >= 4 is 41.7 Å². The summed E-state index contributed by atoms with van der Waals surface area (Å²) in [6.07, 6.45) is 0.837. The van der Waals surface area contributed by atoms with E-state index in [0.29, 0.717) is 6.54 Å². The van der Waals surface area contributed by atoms with E-state index in [9.17, 15) is 4.79 Å². The van der Waals surface area contributed by atoms with E-state index in [-0.39, 0.29) is 36.0 Å². The van der Waals surface area contributed by atoms with Gasteiger partial charge in [0.1, 0.15) is 5.75 Å². The Morgan fingerprint density at radius 2 is 1.77 bits per heavy atom. The maximum atomic E-state index is 11.7. The Bertz CT molecular complexity index is 809. The number of guanidine groups is 1. The number of rotatable bonds is 8. The fraction of sp³-hybridized carbons (Fsp3) is 0.364. The minimum absolute atomic E-state index is 0. The van der Waals surface area contributed by atoms with Crippen molar-refractivity contribution in [1.82, 2.24) is 16.0 Å². The van der Waals surface area contributed by atoms with Gasteiger partial charge in [-0.25, -0.2) is 4.79 Å². The average molecular weight is 525 g/mol. The molecule has 2 rings (SSSR count). The molecule has 0 saturated carbocycles. The van der Waals surface area contributed by atoms with Gasteiger partial charge in [0.15, 0.2) is 5.96 Å². The van der Waals surface area contributed by atoms with Crippen molar-refractivity contribution in [3.05, 3.63) is 59.7 Å². The summed E-state index contributed by atoms with van der Waals surface area (Å²) in [7, 11) is 3.43. The summed E-state index contributed by atoms with van der Waals surface area (Å²) >= 11 is 0. The third kappa shape index (κ3) is 8.89. The average Bonchev–Trinajstić information content (AvgIpc) is 2.71. The normalized spacial score (nSPS) is 10.8. The van der Waals surface area contributed by atoms with E-state index in [2.05, 4.69) is 32.3 Å². The molecule has 0 atom stereocenters. The van der Waals surface area contributed by atoms with Crippen molar-refractivity contribution in [2.75, 3.05) is 26.0 Å². The number of nitrogens with zero attached hydrogens (tertiary/aromatic N) is 1. The number of ether oxygens (including phenoxy) is 1. The number of para-hydroxylation sites is 1. The topological polar surface area (TPSA) is 86.8 Å². The number of carbonyl (C=O) groups excluding carboxylic acids is 1. The molecule has 0 fully saturated rings. The first-order chi connectivity index (χ1) is 14.0. The summed E-state index contributed by atoms with van der Waals surface area (Å²) in [4.78, 5) is 16.0. The number of halogens is 1. The molecular formula is C22H32IN5O2. The fourth-order valence-corrected chi connectivity index (χ4v) is 2.77. The lowest BCUT2D eigenvalue weighted by Crippen LogP contribution is -2.37. The molecule has 2 aromatic rings. The molecule has 0 saturated heterocycles. The standard InChI is InChI=1S/C22H31N5O2.HI/c1-16(2)26-22(28)27-19-11-9-17(10-12-19)15-25-21(23-3)24-14-13-18-7-5-6-8-20(18)29-4;/h5-12,16H,13-15H2,1-4H3,(H2,23,24,25)(H2,26,27,28);1H. The van der Waals surface area contributed by atoms with Gasteiger partial charge in [-0.15, -0.1) is 24.0 Å². The van der Waals surface area contributed by atoms with E-state index in [1.165, 1.54) is 0 Å². The van der Waals surface area contributed by atoms with Gasteiger partial charge in [-0.2, -0.15) is 0 Å². The van der Waals surface area contributed by atoms with E-state index in [1.54, 1.807) is 14.2 Å². The first kappa shape index (κ1) is 25.5. The number of methoxy groups -OCH3 is 1. The number of aliphatic imine (C=N–C) groups is 1. The molecule has 0 aliphatic carbocycles. The largest absolute Gasteiger partial charge is 0.496 e. The van der Waals surface area contributed by atoms with Crippen molar-refractivity contribution < 1.29 is 9.53 Å². The third-order valence-electron chi connectivity index (χ3n) is 4.19. The lowest BCUT2D eigenvalue weighted by Gasteiger charge is -2.14. The molecule has 0 spiro atoms. The maximum absolute atomic E-state index is 11.7. The molecule has 0 aliphatic rings. The predicted molar refractivity (Wildman–Crippen MR) is 134 cm³/mol. The Hall–Kier alpha value is -2.49. The molecule has 0 radical (unpaired) electrons. The van der Waals surface area contributed by atoms with Crippen LogP contribution in [-0.2, 0) is 13.0 Å². The van der Waals surface area contributed by atoms with Crippen LogP contribution in [0.5, 0.6) is 5.75 Å². The van der Waals surface area contributed by atoms with Crippen LogP contribution in [0.15, 0.2) is 53.5 Å². The van der Waals surface area contributed by atoms with Gasteiger partial charge in [-0.05, 0) is 49.6 Å². The lowest BCUT2D eigenvalue weighted by molar-refractivity contribution is 0.250. The van der Waals surface area contributed by atoms with Crippen molar-refractivity contribution in [3.8, 4) is 5.75 Å². The summed E-state index contributed by atoms with van der Waals surface area (Å²) in [5.74, 6) is 1.63. The number of carbonyl (C=O) groups is 1. The van der Waals surface area contributed by atoms with Crippen LogP contribution >= 0.6 is 24.0 Å². The molecule has 2 amide bonds. The molecule has 0 unspecified atom stereocenters. The Balaban J connectivity index is 0.00000450. The van der Waals surface area contributed by atoms with Gasteiger partial charge < -0.3 is 26.0 Å². The molecule has 164 valence electrons. The highest BCUT2D eigenvalue weighted by Crippen LogP contribution is 2.17. The molecule has 0 bridgehead atoms. The first-order valence-electron chi connectivity index (χ1n) is 9.74. The second-order valence-corrected chi connectivity index (χ2v) is 6.86. The summed E-state index contributed by atoms with van der Waals surface area (Å²) in [6, 6.07) is 15.6. The third-order valence-corrected chi connectivity index (χ3v) is 4.19. The molecule has 4 N–H and O–H groups in total. The number of hydrogen-bond donors (Lipinski definition) is 4. The molecule has 0 aromatic heterocycles. The fourth-order valence-electron chi connectivity index (χ4n) is 2.77. The van der Waals surface area contributed by atoms with Gasteiger partial charge in [-0.3, -0.25) is 4.99 Å². The van der Waals surface area contributed by atoms with E-state index in [1.807, 2.05) is 56.3 Å². The number of hydrogen-bond acceptors (Lipinski definition) is 3. The van der Waals surface area contributed by atoms with Gasteiger partial charge in [0.05, 0.1) is 7.11 Å². The van der Waals surface area contributed by atoms with Crippen molar-refractivity contribution in [2.24, 2.45) is 4.99 Å². The van der Waals surface area contributed by atoms with Crippen LogP contribution in [0.25, 0.3) is 0 Å². The summed E-state index contributed by atoms with van der Waals surface area (Å²) < 4.78 is 5.38. The van der Waals surface area contributed by atoms with Gasteiger partial charge >= 0.3 is 6.03 Å². The molecule has 30 heavy (non-hydrogen) atoms. The summed E-state index contributed by atoms with van der Waals surface area (Å²) in [6.45, 7) is 5.22. The zero-order valence-corrected chi connectivity index (χ0v) is 20.3.